The number of ether oxygens (including phenoxy) is 2. The molecule has 4 heterocycles. The quantitative estimate of drug-likeness (QED) is 0.676. The maximum absolute atomic E-state index is 10.4. The van der Waals surface area contributed by atoms with E-state index in [0.29, 0.717) is 12.5 Å². The molecule has 0 aromatic rings. The van der Waals surface area contributed by atoms with Gasteiger partial charge in [-0.25, -0.2) is 0 Å². The van der Waals surface area contributed by atoms with Crippen LogP contribution in [0.3, 0.4) is 0 Å². The van der Waals surface area contributed by atoms with Crippen LogP contribution in [0.1, 0.15) is 52.9 Å². The fourth-order valence-electron chi connectivity index (χ4n) is 5.81. The molecule has 2 bridgehead atoms. The highest BCUT2D eigenvalue weighted by Gasteiger charge is 2.59. The van der Waals surface area contributed by atoms with Gasteiger partial charge in [0.05, 0.1) is 24.9 Å². The van der Waals surface area contributed by atoms with Crippen molar-refractivity contribution in [3.8, 4) is 0 Å². The monoisotopic (exact) mass is 409 g/mol. The Morgan fingerprint density at radius 1 is 1.14 bits per heavy atom. The minimum atomic E-state index is -0.545. The number of aliphatic hydroxyl groups excluding tert-OH is 1. The van der Waals surface area contributed by atoms with Crippen molar-refractivity contribution >= 4 is 5.71 Å². The predicted molar refractivity (Wildman–Crippen MR) is 112 cm³/mol. The van der Waals surface area contributed by atoms with Gasteiger partial charge in [0.25, 0.3) is 0 Å². The molecule has 4 aliphatic heterocycles. The molecule has 7 nitrogen and oxygen atoms in total. The topological polar surface area (TPSA) is 66.8 Å². The fourth-order valence-corrected chi connectivity index (χ4v) is 5.81. The third kappa shape index (κ3) is 4.64. The number of fused-ring (bicyclic) bond motifs is 3. The van der Waals surface area contributed by atoms with Crippen LogP contribution in [0.25, 0.3) is 0 Å². The number of aliphatic hydroxyl groups is 1. The number of oxime groups is 1. The number of hydrogen-bond donors (Lipinski definition) is 1. The molecule has 0 aromatic carbocycles. The van der Waals surface area contributed by atoms with Gasteiger partial charge in [0.15, 0.2) is 0 Å². The maximum Gasteiger partial charge on any atom is 0.144 e. The molecule has 0 radical (unpaired) electrons. The van der Waals surface area contributed by atoms with Crippen molar-refractivity contribution in [3.63, 3.8) is 0 Å². The van der Waals surface area contributed by atoms with Crippen LogP contribution < -0.4 is 0 Å². The SMILES string of the molecule is CC1(C)O[C@@]2(C)CC[C@@H]1[C@H](N1CCCCC1)/C2=N/OCC(O)CN1CCOCC1. The number of nitrogens with zero attached hydrogens (tertiary/aromatic N) is 3. The first-order valence-electron chi connectivity index (χ1n) is 11.5. The number of likely N-dealkylation sites (tertiary alicyclic amines) is 1. The molecule has 7 heteroatoms. The van der Waals surface area contributed by atoms with E-state index in [0.717, 1.165) is 51.5 Å². The second kappa shape index (κ2) is 8.79. The molecule has 0 amide bonds. The minimum absolute atomic E-state index is 0.149. The lowest BCUT2D eigenvalue weighted by atomic mass is 9.64. The number of hydrogen-bond acceptors (Lipinski definition) is 7. The highest BCUT2D eigenvalue weighted by Crippen LogP contribution is 2.50. The number of piperidine rings is 1. The van der Waals surface area contributed by atoms with Crippen molar-refractivity contribution in [2.75, 3.05) is 52.5 Å². The molecular weight excluding hydrogens is 370 g/mol. The number of morpholine rings is 1. The first kappa shape index (κ1) is 21.5. The van der Waals surface area contributed by atoms with Gasteiger partial charge in [-0.2, -0.15) is 0 Å². The van der Waals surface area contributed by atoms with Crippen molar-refractivity contribution in [1.29, 1.82) is 0 Å². The van der Waals surface area contributed by atoms with Gasteiger partial charge in [-0.3, -0.25) is 9.80 Å². The second-order valence-corrected chi connectivity index (χ2v) is 9.96. The average molecular weight is 410 g/mol. The standard InChI is InChI=1S/C22H39N3O4/c1-21(2)18-7-8-22(3,29-21)20(19(18)25-9-5-4-6-10-25)23-28-16-17(26)15-24-11-13-27-14-12-24/h17-19,26H,4-16H2,1-3H3/b23-20-/t17?,18-,19+,22+/m1/s1. The highest BCUT2D eigenvalue weighted by molar-refractivity contribution is 5.98. The van der Waals surface area contributed by atoms with Gasteiger partial charge in [0.1, 0.15) is 24.0 Å². The third-order valence-corrected chi connectivity index (χ3v) is 7.30. The molecule has 29 heavy (non-hydrogen) atoms. The summed E-state index contributed by atoms with van der Waals surface area (Å²) in [5, 5.41) is 15.0. The average Bonchev–Trinajstić information content (AvgIpc) is 2.69. The Morgan fingerprint density at radius 3 is 2.55 bits per heavy atom. The van der Waals surface area contributed by atoms with Gasteiger partial charge in [-0.05, 0) is 59.5 Å². The summed E-state index contributed by atoms with van der Waals surface area (Å²) in [6.45, 7) is 12.9. The Morgan fingerprint density at radius 2 is 1.86 bits per heavy atom. The lowest BCUT2D eigenvalue weighted by Gasteiger charge is -2.60. The molecule has 0 aromatic heterocycles. The largest absolute Gasteiger partial charge is 0.393 e. The van der Waals surface area contributed by atoms with E-state index in [1.54, 1.807) is 0 Å². The molecule has 1 aliphatic carbocycles. The summed E-state index contributed by atoms with van der Waals surface area (Å²) in [6, 6.07) is 0.286. The van der Waals surface area contributed by atoms with Gasteiger partial charge in [-0.15, -0.1) is 0 Å². The van der Waals surface area contributed by atoms with E-state index in [1.807, 2.05) is 0 Å². The van der Waals surface area contributed by atoms with Crippen molar-refractivity contribution in [2.45, 2.75) is 76.2 Å². The highest BCUT2D eigenvalue weighted by atomic mass is 16.6. The van der Waals surface area contributed by atoms with Crippen molar-refractivity contribution < 1.29 is 19.4 Å². The molecule has 0 spiro atoms. The summed E-state index contributed by atoms with van der Waals surface area (Å²) in [5.74, 6) is 0.433. The fraction of sp³-hybridized carbons (Fsp3) is 0.955. The van der Waals surface area contributed by atoms with Crippen molar-refractivity contribution in [2.24, 2.45) is 11.1 Å². The van der Waals surface area contributed by atoms with Crippen LogP contribution in [0.5, 0.6) is 0 Å². The summed E-state index contributed by atoms with van der Waals surface area (Å²) >= 11 is 0. The summed E-state index contributed by atoms with van der Waals surface area (Å²) in [7, 11) is 0. The van der Waals surface area contributed by atoms with Gasteiger partial charge in [0.2, 0.25) is 0 Å². The van der Waals surface area contributed by atoms with E-state index >= 15 is 0 Å². The third-order valence-electron chi connectivity index (χ3n) is 7.30. The first-order chi connectivity index (χ1) is 13.9. The van der Waals surface area contributed by atoms with E-state index in [1.165, 1.54) is 25.7 Å². The van der Waals surface area contributed by atoms with E-state index in [2.05, 4.69) is 35.7 Å². The molecule has 4 saturated heterocycles. The molecule has 1 N–H and O–H groups in total. The van der Waals surface area contributed by atoms with Crippen LogP contribution in [-0.2, 0) is 14.3 Å². The van der Waals surface area contributed by atoms with Crippen LogP contribution in [0.15, 0.2) is 5.16 Å². The van der Waals surface area contributed by atoms with Crippen LogP contribution in [0.2, 0.25) is 0 Å². The Labute approximate surface area is 175 Å². The molecule has 5 rings (SSSR count). The lowest BCUT2D eigenvalue weighted by molar-refractivity contribution is -0.197. The number of β-amino-alcohol motifs (C(OH)–C–C–N with tert-alkyl or cyclic N) is 1. The molecule has 5 aliphatic rings. The van der Waals surface area contributed by atoms with E-state index in [9.17, 15) is 5.11 Å². The lowest BCUT2D eigenvalue weighted by Crippen LogP contribution is -2.70. The normalized spacial score (nSPS) is 38.3. The smallest absolute Gasteiger partial charge is 0.144 e. The number of rotatable bonds is 6. The zero-order chi connectivity index (χ0) is 20.5. The van der Waals surface area contributed by atoms with Gasteiger partial charge < -0.3 is 19.4 Å². The summed E-state index contributed by atoms with van der Waals surface area (Å²) < 4.78 is 11.9. The van der Waals surface area contributed by atoms with Gasteiger partial charge >= 0.3 is 0 Å². The van der Waals surface area contributed by atoms with E-state index in [-0.39, 0.29) is 23.9 Å². The summed E-state index contributed by atoms with van der Waals surface area (Å²) in [5.41, 5.74) is 0.507. The van der Waals surface area contributed by atoms with Crippen LogP contribution in [-0.4, -0.2) is 96.5 Å². The zero-order valence-electron chi connectivity index (χ0n) is 18.4. The zero-order valence-corrected chi connectivity index (χ0v) is 18.4. The summed E-state index contributed by atoms with van der Waals surface area (Å²) in [4.78, 5) is 10.6. The molecule has 1 saturated carbocycles. The van der Waals surface area contributed by atoms with Gasteiger partial charge in [-0.1, -0.05) is 11.6 Å². The second-order valence-electron chi connectivity index (χ2n) is 9.96. The van der Waals surface area contributed by atoms with Crippen LogP contribution in [0, 0.1) is 5.92 Å². The van der Waals surface area contributed by atoms with Gasteiger partial charge in [0, 0.05) is 25.6 Å². The minimum Gasteiger partial charge on any atom is -0.393 e. The Kier molecular flexibility index (Phi) is 6.52. The molecule has 5 fully saturated rings. The van der Waals surface area contributed by atoms with E-state index in [4.69, 9.17) is 14.3 Å². The van der Waals surface area contributed by atoms with Crippen molar-refractivity contribution in [1.82, 2.24) is 9.80 Å². The molecular formula is C22H39N3O4. The Balaban J connectivity index is 1.44. The molecule has 4 atom stereocenters. The molecule has 166 valence electrons. The summed E-state index contributed by atoms with van der Waals surface area (Å²) in [6.07, 6.45) is 5.45. The molecule has 1 unspecified atom stereocenters. The predicted octanol–water partition coefficient (Wildman–Crippen LogP) is 1.88. The van der Waals surface area contributed by atoms with Crippen LogP contribution in [0.4, 0.5) is 0 Å². The Hall–Kier alpha value is -0.730. The Bertz CT molecular complexity index is 587. The van der Waals surface area contributed by atoms with Crippen molar-refractivity contribution in [3.05, 3.63) is 0 Å². The van der Waals surface area contributed by atoms with E-state index < -0.39 is 6.10 Å². The maximum atomic E-state index is 10.4. The van der Waals surface area contributed by atoms with Crippen LogP contribution >= 0.6 is 0 Å². The first-order valence-corrected chi connectivity index (χ1v) is 11.5.